The third-order valence-electron chi connectivity index (χ3n) is 3.66. The molecule has 1 aromatic carbocycles. The van der Waals surface area contributed by atoms with Crippen LogP contribution in [0.1, 0.15) is 42.7 Å². The molecule has 1 aliphatic carbocycles. The summed E-state index contributed by atoms with van der Waals surface area (Å²) in [6.07, 6.45) is 4.48. The van der Waals surface area contributed by atoms with Gasteiger partial charge in [-0.1, -0.05) is 37.1 Å². The zero-order chi connectivity index (χ0) is 11.5. The van der Waals surface area contributed by atoms with Crippen LogP contribution in [-0.2, 0) is 4.79 Å². The molecule has 1 atom stereocenters. The van der Waals surface area contributed by atoms with Gasteiger partial charge in [0.15, 0.2) is 0 Å². The molecule has 1 aliphatic rings. The van der Waals surface area contributed by atoms with E-state index in [9.17, 15) is 9.90 Å². The van der Waals surface area contributed by atoms with E-state index in [1.165, 1.54) is 12.8 Å². The van der Waals surface area contributed by atoms with Crippen LogP contribution in [0, 0.1) is 12.8 Å². The molecule has 2 heteroatoms. The van der Waals surface area contributed by atoms with Gasteiger partial charge < -0.3 is 5.11 Å². The minimum Gasteiger partial charge on any atom is -0.481 e. The number of aliphatic carboxylic acids is 1. The molecular weight excluding hydrogens is 200 g/mol. The summed E-state index contributed by atoms with van der Waals surface area (Å²) in [6.45, 7) is 2.00. The number of carboxylic acids is 1. The first-order valence-electron chi connectivity index (χ1n) is 5.98. The van der Waals surface area contributed by atoms with Gasteiger partial charge in [0, 0.05) is 0 Å². The highest BCUT2D eigenvalue weighted by Gasteiger charge is 2.32. The Kier molecular flexibility index (Phi) is 3.28. The van der Waals surface area contributed by atoms with Crippen molar-refractivity contribution in [1.29, 1.82) is 0 Å². The summed E-state index contributed by atoms with van der Waals surface area (Å²) in [6, 6.07) is 7.87. The summed E-state index contributed by atoms with van der Waals surface area (Å²) in [4.78, 5) is 11.4. The summed E-state index contributed by atoms with van der Waals surface area (Å²) < 4.78 is 0. The summed E-state index contributed by atoms with van der Waals surface area (Å²) in [7, 11) is 0. The largest absolute Gasteiger partial charge is 0.481 e. The molecule has 86 valence electrons. The Balaban J connectivity index is 2.32. The topological polar surface area (TPSA) is 37.3 Å². The van der Waals surface area contributed by atoms with E-state index in [0.717, 1.165) is 24.0 Å². The Labute approximate surface area is 96.3 Å². The fraction of sp³-hybridized carbons (Fsp3) is 0.500. The molecule has 0 aliphatic heterocycles. The third-order valence-corrected chi connectivity index (χ3v) is 3.66. The van der Waals surface area contributed by atoms with Crippen molar-refractivity contribution < 1.29 is 9.90 Å². The van der Waals surface area contributed by atoms with E-state index in [0.29, 0.717) is 5.92 Å². The quantitative estimate of drug-likeness (QED) is 0.844. The summed E-state index contributed by atoms with van der Waals surface area (Å²) >= 11 is 0. The Hall–Kier alpha value is -1.31. The zero-order valence-corrected chi connectivity index (χ0v) is 9.65. The second-order valence-corrected chi connectivity index (χ2v) is 4.72. The fourth-order valence-electron chi connectivity index (χ4n) is 2.82. The van der Waals surface area contributed by atoms with Crippen molar-refractivity contribution in [1.82, 2.24) is 0 Å². The molecule has 2 rings (SSSR count). The van der Waals surface area contributed by atoms with Crippen molar-refractivity contribution in [3.8, 4) is 0 Å². The minimum atomic E-state index is -0.666. The molecule has 1 saturated carbocycles. The normalized spacial score (nSPS) is 18.6. The van der Waals surface area contributed by atoms with Crippen LogP contribution in [0.2, 0.25) is 0 Å². The molecule has 0 heterocycles. The fourth-order valence-corrected chi connectivity index (χ4v) is 2.82. The maximum Gasteiger partial charge on any atom is 0.311 e. The van der Waals surface area contributed by atoms with E-state index in [1.807, 2.05) is 31.2 Å². The molecule has 1 unspecified atom stereocenters. The molecular formula is C14H18O2. The molecule has 0 spiro atoms. The van der Waals surface area contributed by atoms with E-state index in [2.05, 4.69) is 0 Å². The summed E-state index contributed by atoms with van der Waals surface area (Å²) in [5, 5.41) is 9.41. The Morgan fingerprint density at radius 1 is 1.31 bits per heavy atom. The zero-order valence-electron chi connectivity index (χ0n) is 9.65. The predicted octanol–water partition coefficient (Wildman–Crippen LogP) is 3.35. The second-order valence-electron chi connectivity index (χ2n) is 4.72. The maximum atomic E-state index is 11.4. The van der Waals surface area contributed by atoms with Crippen molar-refractivity contribution >= 4 is 5.97 Å². The predicted molar refractivity (Wildman–Crippen MR) is 63.5 cm³/mol. The Morgan fingerprint density at radius 2 is 1.94 bits per heavy atom. The Morgan fingerprint density at radius 3 is 2.50 bits per heavy atom. The van der Waals surface area contributed by atoms with E-state index in [-0.39, 0.29) is 5.92 Å². The van der Waals surface area contributed by atoms with Crippen LogP contribution in [0.15, 0.2) is 24.3 Å². The van der Waals surface area contributed by atoms with Gasteiger partial charge >= 0.3 is 5.97 Å². The summed E-state index contributed by atoms with van der Waals surface area (Å²) in [5.41, 5.74) is 2.10. The van der Waals surface area contributed by atoms with E-state index < -0.39 is 5.97 Å². The lowest BCUT2D eigenvalue weighted by molar-refractivity contribution is -0.140. The van der Waals surface area contributed by atoms with Crippen molar-refractivity contribution in [2.45, 2.75) is 38.5 Å². The van der Waals surface area contributed by atoms with Crippen LogP contribution in [-0.4, -0.2) is 11.1 Å². The lowest BCUT2D eigenvalue weighted by atomic mass is 9.83. The molecule has 0 aromatic heterocycles. The molecule has 1 aromatic rings. The minimum absolute atomic E-state index is 0.302. The highest BCUT2D eigenvalue weighted by molar-refractivity contribution is 5.77. The molecule has 0 bridgehead atoms. The number of rotatable bonds is 3. The van der Waals surface area contributed by atoms with Crippen LogP contribution in [0.4, 0.5) is 0 Å². The average Bonchev–Trinajstić information content (AvgIpc) is 2.74. The van der Waals surface area contributed by atoms with Gasteiger partial charge in [-0.25, -0.2) is 0 Å². The van der Waals surface area contributed by atoms with Crippen molar-refractivity contribution in [2.75, 3.05) is 0 Å². The number of hydrogen-bond acceptors (Lipinski definition) is 1. The van der Waals surface area contributed by atoms with Crippen LogP contribution in [0.25, 0.3) is 0 Å². The molecule has 0 amide bonds. The first kappa shape index (κ1) is 11.2. The van der Waals surface area contributed by atoms with Crippen molar-refractivity contribution in [3.63, 3.8) is 0 Å². The van der Waals surface area contributed by atoms with E-state index in [1.54, 1.807) is 0 Å². The van der Waals surface area contributed by atoms with E-state index in [4.69, 9.17) is 0 Å². The van der Waals surface area contributed by atoms with Gasteiger partial charge in [-0.15, -0.1) is 0 Å². The van der Waals surface area contributed by atoms with Gasteiger partial charge in [-0.05, 0) is 36.8 Å². The number of carboxylic acid groups (broad SMARTS) is 1. The monoisotopic (exact) mass is 218 g/mol. The first-order chi connectivity index (χ1) is 7.70. The van der Waals surface area contributed by atoms with Gasteiger partial charge in [0.1, 0.15) is 0 Å². The molecule has 1 N–H and O–H groups in total. The lowest BCUT2D eigenvalue weighted by Crippen LogP contribution is -2.20. The van der Waals surface area contributed by atoms with E-state index >= 15 is 0 Å². The van der Waals surface area contributed by atoms with Crippen molar-refractivity contribution in [3.05, 3.63) is 35.4 Å². The standard InChI is InChI=1S/C14H18O2/c1-10-6-2-5-9-12(10)13(14(15)16)11-7-3-4-8-11/h2,5-6,9,11,13H,3-4,7-8H2,1H3,(H,15,16). The van der Waals surface area contributed by atoms with Gasteiger partial charge in [0.2, 0.25) is 0 Å². The number of aryl methyl sites for hydroxylation is 1. The number of carbonyl (C=O) groups is 1. The highest BCUT2D eigenvalue weighted by Crippen LogP contribution is 2.38. The number of hydrogen-bond donors (Lipinski definition) is 1. The van der Waals surface area contributed by atoms with Crippen LogP contribution >= 0.6 is 0 Å². The van der Waals surface area contributed by atoms with Crippen LogP contribution < -0.4 is 0 Å². The highest BCUT2D eigenvalue weighted by atomic mass is 16.4. The van der Waals surface area contributed by atoms with Gasteiger partial charge in [0.05, 0.1) is 5.92 Å². The Bertz CT molecular complexity index is 378. The van der Waals surface area contributed by atoms with Gasteiger partial charge in [-0.2, -0.15) is 0 Å². The SMILES string of the molecule is Cc1ccccc1C(C(=O)O)C1CCCC1. The van der Waals surface area contributed by atoms with Gasteiger partial charge in [-0.3, -0.25) is 4.79 Å². The van der Waals surface area contributed by atoms with Crippen molar-refractivity contribution in [2.24, 2.45) is 5.92 Å². The average molecular weight is 218 g/mol. The molecule has 16 heavy (non-hydrogen) atoms. The molecule has 0 radical (unpaired) electrons. The summed E-state index contributed by atoms with van der Waals surface area (Å²) in [5.74, 6) is -0.636. The van der Waals surface area contributed by atoms with Gasteiger partial charge in [0.25, 0.3) is 0 Å². The maximum absolute atomic E-state index is 11.4. The smallest absolute Gasteiger partial charge is 0.311 e. The van der Waals surface area contributed by atoms with Crippen LogP contribution in [0.3, 0.4) is 0 Å². The molecule has 1 fully saturated rings. The van der Waals surface area contributed by atoms with Crippen LogP contribution in [0.5, 0.6) is 0 Å². The first-order valence-corrected chi connectivity index (χ1v) is 5.98. The second kappa shape index (κ2) is 4.69. The lowest BCUT2D eigenvalue weighted by Gasteiger charge is -2.21. The number of benzene rings is 1. The third kappa shape index (κ3) is 2.11. The molecule has 0 saturated heterocycles. The molecule has 2 nitrogen and oxygen atoms in total.